The molecule has 92 valence electrons. The van der Waals surface area contributed by atoms with Crippen LogP contribution in [0.5, 0.6) is 0 Å². The van der Waals surface area contributed by atoms with E-state index in [1.165, 1.54) is 0 Å². The molecule has 2 heterocycles. The van der Waals surface area contributed by atoms with Crippen LogP contribution >= 0.6 is 0 Å². The van der Waals surface area contributed by atoms with Crippen molar-refractivity contribution in [2.75, 3.05) is 33.2 Å². The molecule has 1 amide bonds. The van der Waals surface area contributed by atoms with E-state index in [2.05, 4.69) is 20.3 Å². The Labute approximate surface area is 97.2 Å². The maximum atomic E-state index is 12.0. The predicted octanol–water partition coefficient (Wildman–Crippen LogP) is -1.11. The summed E-state index contributed by atoms with van der Waals surface area (Å²) in [4.78, 5) is 26.5. The molecule has 8 nitrogen and oxygen atoms in total. The smallest absolute Gasteiger partial charge is 0.358 e. The van der Waals surface area contributed by atoms with Gasteiger partial charge in [-0.2, -0.15) is 5.21 Å². The third kappa shape index (κ3) is 2.26. The Kier molecular flexibility index (Phi) is 3.05. The van der Waals surface area contributed by atoms with Crippen molar-refractivity contribution in [3.63, 3.8) is 0 Å². The van der Waals surface area contributed by atoms with E-state index in [-0.39, 0.29) is 17.3 Å². The van der Waals surface area contributed by atoms with Crippen LogP contribution in [0, 0.1) is 0 Å². The Bertz CT molecular complexity index is 436. The third-order valence-electron chi connectivity index (χ3n) is 2.74. The van der Waals surface area contributed by atoms with Crippen molar-refractivity contribution in [2.45, 2.75) is 0 Å². The summed E-state index contributed by atoms with van der Waals surface area (Å²) in [6, 6.07) is 0. The van der Waals surface area contributed by atoms with Crippen molar-refractivity contribution in [1.29, 1.82) is 0 Å². The van der Waals surface area contributed by atoms with Crippen molar-refractivity contribution >= 4 is 11.9 Å². The molecule has 17 heavy (non-hydrogen) atoms. The summed E-state index contributed by atoms with van der Waals surface area (Å²) < 4.78 is 0. The Morgan fingerprint density at radius 3 is 2.35 bits per heavy atom. The van der Waals surface area contributed by atoms with Crippen LogP contribution in [-0.2, 0) is 0 Å². The molecule has 1 fully saturated rings. The highest BCUT2D eigenvalue weighted by Gasteiger charge is 2.27. The zero-order chi connectivity index (χ0) is 12.4. The number of likely N-dealkylation sites (N-methyl/N-ethyl adjacent to an activating group) is 1. The van der Waals surface area contributed by atoms with E-state index >= 15 is 0 Å². The Balaban J connectivity index is 2.14. The minimum absolute atomic E-state index is 0.123. The summed E-state index contributed by atoms with van der Waals surface area (Å²) in [5.74, 6) is -1.64. The van der Waals surface area contributed by atoms with Gasteiger partial charge in [0.15, 0.2) is 5.69 Å². The van der Waals surface area contributed by atoms with Crippen molar-refractivity contribution in [2.24, 2.45) is 0 Å². The van der Waals surface area contributed by atoms with Gasteiger partial charge >= 0.3 is 5.97 Å². The van der Waals surface area contributed by atoms with Crippen LogP contribution in [-0.4, -0.2) is 75.4 Å². The number of carbonyl (C=O) groups excluding carboxylic acids is 1. The van der Waals surface area contributed by atoms with Gasteiger partial charge in [-0.1, -0.05) is 0 Å². The number of H-pyrrole nitrogens is 1. The van der Waals surface area contributed by atoms with E-state index in [1.807, 2.05) is 7.05 Å². The van der Waals surface area contributed by atoms with Gasteiger partial charge in [0, 0.05) is 26.2 Å². The maximum Gasteiger partial charge on any atom is 0.358 e. The lowest BCUT2D eigenvalue weighted by molar-refractivity contribution is 0.0629. The summed E-state index contributed by atoms with van der Waals surface area (Å²) in [5.41, 5.74) is -0.448. The largest absolute Gasteiger partial charge is 0.476 e. The van der Waals surface area contributed by atoms with Gasteiger partial charge in [-0.3, -0.25) is 4.79 Å². The fraction of sp³-hybridized carbons (Fsp3) is 0.556. The zero-order valence-electron chi connectivity index (χ0n) is 9.38. The number of nitrogens with zero attached hydrogens (tertiary/aromatic N) is 4. The number of piperazine rings is 1. The second-order valence-corrected chi connectivity index (χ2v) is 3.92. The van der Waals surface area contributed by atoms with Gasteiger partial charge in [0.1, 0.15) is 0 Å². The number of amides is 1. The first kappa shape index (κ1) is 11.5. The van der Waals surface area contributed by atoms with Gasteiger partial charge in [-0.05, 0) is 7.05 Å². The topological polar surface area (TPSA) is 102 Å². The van der Waals surface area contributed by atoms with Crippen molar-refractivity contribution < 1.29 is 14.7 Å². The van der Waals surface area contributed by atoms with Gasteiger partial charge < -0.3 is 14.9 Å². The van der Waals surface area contributed by atoms with Crippen LogP contribution < -0.4 is 0 Å². The summed E-state index contributed by atoms with van der Waals surface area (Å²) in [6.45, 7) is 2.68. The van der Waals surface area contributed by atoms with Crippen molar-refractivity contribution in [3.05, 3.63) is 11.4 Å². The Morgan fingerprint density at radius 2 is 1.76 bits per heavy atom. The molecule has 0 saturated carbocycles. The first-order valence-corrected chi connectivity index (χ1v) is 5.21. The van der Waals surface area contributed by atoms with Crippen LogP contribution in [0.3, 0.4) is 0 Å². The minimum Gasteiger partial charge on any atom is -0.476 e. The predicted molar refractivity (Wildman–Crippen MR) is 56.7 cm³/mol. The molecule has 1 aliphatic heterocycles. The molecule has 0 radical (unpaired) electrons. The number of nitrogens with one attached hydrogen (secondary N) is 1. The number of aromatic nitrogens is 3. The molecule has 2 rings (SSSR count). The highest BCUT2D eigenvalue weighted by atomic mass is 16.4. The van der Waals surface area contributed by atoms with Gasteiger partial charge in [-0.15, -0.1) is 10.2 Å². The summed E-state index contributed by atoms with van der Waals surface area (Å²) in [6.07, 6.45) is 0. The lowest BCUT2D eigenvalue weighted by Gasteiger charge is -2.31. The number of rotatable bonds is 2. The summed E-state index contributed by atoms with van der Waals surface area (Å²) in [7, 11) is 1.97. The second-order valence-electron chi connectivity index (χ2n) is 3.92. The molecule has 1 saturated heterocycles. The molecule has 0 spiro atoms. The number of aromatic amines is 1. The molecule has 2 N–H and O–H groups in total. The zero-order valence-corrected chi connectivity index (χ0v) is 9.38. The molecule has 1 aliphatic rings. The van der Waals surface area contributed by atoms with Gasteiger partial charge in [0.2, 0.25) is 5.69 Å². The first-order valence-electron chi connectivity index (χ1n) is 5.21. The average molecular weight is 239 g/mol. The highest BCUT2D eigenvalue weighted by Crippen LogP contribution is 2.08. The number of carboxylic acid groups (broad SMARTS) is 1. The van der Waals surface area contributed by atoms with Crippen molar-refractivity contribution in [1.82, 2.24) is 25.2 Å². The Morgan fingerprint density at radius 1 is 1.18 bits per heavy atom. The molecule has 0 aliphatic carbocycles. The molecule has 0 bridgehead atoms. The number of carbonyl (C=O) groups is 2. The van der Waals surface area contributed by atoms with E-state index in [0.29, 0.717) is 13.1 Å². The number of carboxylic acids is 1. The van der Waals surface area contributed by atoms with Crippen LogP contribution in [0.4, 0.5) is 0 Å². The molecule has 8 heteroatoms. The number of aromatic carboxylic acids is 1. The van der Waals surface area contributed by atoms with E-state index in [0.717, 1.165) is 13.1 Å². The van der Waals surface area contributed by atoms with Gasteiger partial charge in [-0.25, -0.2) is 4.79 Å². The quantitative estimate of drug-likeness (QED) is 0.678. The lowest BCUT2D eigenvalue weighted by Crippen LogP contribution is -2.47. The minimum atomic E-state index is -1.25. The average Bonchev–Trinajstić information content (AvgIpc) is 2.78. The van der Waals surface area contributed by atoms with Crippen LogP contribution in [0.15, 0.2) is 0 Å². The highest BCUT2D eigenvalue weighted by molar-refractivity contribution is 6.01. The Hall–Kier alpha value is -1.96. The lowest BCUT2D eigenvalue weighted by atomic mass is 10.2. The molecular formula is C9H13N5O3. The first-order chi connectivity index (χ1) is 8.09. The number of hydrogen-bond donors (Lipinski definition) is 2. The molecule has 1 aromatic rings. The molecular weight excluding hydrogens is 226 g/mol. The maximum absolute atomic E-state index is 12.0. The number of hydrogen-bond acceptors (Lipinski definition) is 5. The molecule has 1 aromatic heterocycles. The monoisotopic (exact) mass is 239 g/mol. The van der Waals surface area contributed by atoms with Crippen LogP contribution in [0.2, 0.25) is 0 Å². The van der Waals surface area contributed by atoms with Crippen LogP contribution in [0.25, 0.3) is 0 Å². The van der Waals surface area contributed by atoms with Gasteiger partial charge in [0.05, 0.1) is 0 Å². The second kappa shape index (κ2) is 4.50. The summed E-state index contributed by atoms with van der Waals surface area (Å²) in [5, 5.41) is 18.1. The standard InChI is InChI=1S/C9H13N5O3/c1-13-2-4-14(5-3-13)8(15)6-7(9(16)17)11-12-10-6/h2-5H2,1H3,(H,16,17)(H,10,11,12). The van der Waals surface area contributed by atoms with E-state index in [9.17, 15) is 9.59 Å². The van der Waals surface area contributed by atoms with E-state index < -0.39 is 5.97 Å². The third-order valence-corrected chi connectivity index (χ3v) is 2.74. The fourth-order valence-corrected chi connectivity index (χ4v) is 1.69. The van der Waals surface area contributed by atoms with Gasteiger partial charge in [0.25, 0.3) is 5.91 Å². The SMILES string of the molecule is CN1CCN(C(=O)c2n[nH]nc2C(=O)O)CC1. The van der Waals surface area contributed by atoms with Crippen LogP contribution in [0.1, 0.15) is 21.0 Å². The molecule has 0 atom stereocenters. The molecule has 0 unspecified atom stereocenters. The van der Waals surface area contributed by atoms with E-state index in [1.54, 1.807) is 4.90 Å². The molecule has 0 aromatic carbocycles. The fourth-order valence-electron chi connectivity index (χ4n) is 1.69. The summed E-state index contributed by atoms with van der Waals surface area (Å²) >= 11 is 0. The normalized spacial score (nSPS) is 17.1. The van der Waals surface area contributed by atoms with E-state index in [4.69, 9.17) is 5.11 Å². The van der Waals surface area contributed by atoms with Crippen molar-refractivity contribution in [3.8, 4) is 0 Å².